The number of likely N-dealkylation sites (tertiary alicyclic amines) is 1. The summed E-state index contributed by atoms with van der Waals surface area (Å²) in [6.07, 6.45) is 7.01. The molecular formula is C22H25N3O5. The predicted octanol–water partition coefficient (Wildman–Crippen LogP) is 1.96. The third-order valence-electron chi connectivity index (χ3n) is 6.04. The Morgan fingerprint density at radius 2 is 1.70 bits per heavy atom. The normalized spacial score (nSPS) is 23.0. The largest absolute Gasteiger partial charge is 0.465 e. The maximum absolute atomic E-state index is 12.8. The third kappa shape index (κ3) is 3.69. The van der Waals surface area contributed by atoms with Gasteiger partial charge >= 0.3 is 5.97 Å². The molecule has 1 aromatic rings. The van der Waals surface area contributed by atoms with Gasteiger partial charge in [0.1, 0.15) is 6.54 Å². The molecule has 8 heteroatoms. The quantitative estimate of drug-likeness (QED) is 0.452. The van der Waals surface area contributed by atoms with Gasteiger partial charge in [0.15, 0.2) is 0 Å². The Morgan fingerprint density at radius 3 is 2.30 bits per heavy atom. The molecule has 2 atom stereocenters. The van der Waals surface area contributed by atoms with E-state index in [1.165, 1.54) is 7.11 Å². The zero-order chi connectivity index (χ0) is 21.3. The lowest BCUT2D eigenvalue weighted by atomic mass is 9.85. The summed E-state index contributed by atoms with van der Waals surface area (Å²) in [5.74, 6) is -2.26. The Bertz CT molecular complexity index is 893. The molecule has 2 fully saturated rings. The van der Waals surface area contributed by atoms with Crippen LogP contribution in [-0.4, -0.2) is 55.3 Å². The number of anilines is 2. The molecule has 3 amide bonds. The summed E-state index contributed by atoms with van der Waals surface area (Å²) in [4.78, 5) is 53.2. The number of methoxy groups -OCH3 is 1. The lowest BCUT2D eigenvalue weighted by Gasteiger charge is -2.23. The molecule has 1 aromatic carbocycles. The maximum atomic E-state index is 12.8. The van der Waals surface area contributed by atoms with Crippen molar-refractivity contribution in [2.45, 2.75) is 25.7 Å². The Labute approximate surface area is 174 Å². The van der Waals surface area contributed by atoms with E-state index in [1.54, 1.807) is 18.2 Å². The summed E-state index contributed by atoms with van der Waals surface area (Å²) in [5, 5.41) is 2.81. The number of ether oxygens (including phenoxy) is 1. The summed E-state index contributed by atoms with van der Waals surface area (Å²) in [5.41, 5.74) is 1.61. The van der Waals surface area contributed by atoms with Gasteiger partial charge < -0.3 is 15.0 Å². The molecule has 2 aliphatic heterocycles. The zero-order valence-corrected chi connectivity index (χ0v) is 16.9. The van der Waals surface area contributed by atoms with Crippen molar-refractivity contribution < 1.29 is 23.9 Å². The van der Waals surface area contributed by atoms with Crippen LogP contribution in [0.5, 0.6) is 0 Å². The number of amides is 3. The van der Waals surface area contributed by atoms with Crippen LogP contribution in [0.15, 0.2) is 30.4 Å². The van der Waals surface area contributed by atoms with Crippen LogP contribution in [0, 0.1) is 11.8 Å². The molecule has 4 rings (SSSR count). The van der Waals surface area contributed by atoms with Crippen LogP contribution in [0.25, 0.3) is 0 Å². The van der Waals surface area contributed by atoms with E-state index in [0.717, 1.165) is 36.5 Å². The molecule has 0 spiro atoms. The van der Waals surface area contributed by atoms with Crippen LogP contribution >= 0.6 is 0 Å². The number of esters is 1. The van der Waals surface area contributed by atoms with Gasteiger partial charge in [0.25, 0.3) is 0 Å². The van der Waals surface area contributed by atoms with Crippen LogP contribution in [0.4, 0.5) is 11.4 Å². The van der Waals surface area contributed by atoms with Crippen molar-refractivity contribution in [1.29, 1.82) is 0 Å². The molecule has 8 nitrogen and oxygen atoms in total. The topological polar surface area (TPSA) is 96.0 Å². The monoisotopic (exact) mass is 411 g/mol. The second-order valence-electron chi connectivity index (χ2n) is 7.88. The van der Waals surface area contributed by atoms with E-state index in [2.05, 4.69) is 10.2 Å². The minimum atomic E-state index is -0.500. The van der Waals surface area contributed by atoms with Crippen molar-refractivity contribution in [2.24, 2.45) is 11.8 Å². The average Bonchev–Trinajstić information content (AvgIpc) is 3.37. The molecule has 0 aromatic heterocycles. The molecule has 0 radical (unpaired) electrons. The van der Waals surface area contributed by atoms with Gasteiger partial charge in [-0.3, -0.25) is 19.3 Å². The zero-order valence-electron chi connectivity index (χ0n) is 16.9. The van der Waals surface area contributed by atoms with Gasteiger partial charge in [0.2, 0.25) is 17.7 Å². The Balaban J connectivity index is 1.52. The average molecular weight is 411 g/mol. The van der Waals surface area contributed by atoms with E-state index < -0.39 is 11.9 Å². The van der Waals surface area contributed by atoms with Crippen LogP contribution < -0.4 is 10.2 Å². The SMILES string of the molecule is COC(=O)c1ccc(N2CCCC2)c(NC(=O)CN2C(=O)C3CC=CCC3C2=O)c1. The summed E-state index contributed by atoms with van der Waals surface area (Å²) in [6, 6.07) is 5.04. The first-order chi connectivity index (χ1) is 14.5. The Morgan fingerprint density at radius 1 is 1.07 bits per heavy atom. The molecule has 158 valence electrons. The number of benzene rings is 1. The van der Waals surface area contributed by atoms with Crippen LogP contribution in [0.2, 0.25) is 0 Å². The number of carbonyl (C=O) groups is 4. The number of nitrogens with one attached hydrogen (secondary N) is 1. The Kier molecular flexibility index (Phi) is 5.57. The molecule has 1 N–H and O–H groups in total. The van der Waals surface area contributed by atoms with Gasteiger partial charge in [0.05, 0.1) is 35.9 Å². The highest BCUT2D eigenvalue weighted by Crippen LogP contribution is 2.35. The second kappa shape index (κ2) is 8.30. The standard InChI is InChI=1S/C22H25N3O5/c1-30-22(29)14-8-9-18(24-10-4-5-11-24)17(12-14)23-19(26)13-25-20(27)15-6-2-3-7-16(15)21(25)28/h2-3,8-9,12,15-16H,4-7,10-11,13H2,1H3,(H,23,26). The van der Waals surface area contributed by atoms with Crippen molar-refractivity contribution in [3.05, 3.63) is 35.9 Å². The van der Waals surface area contributed by atoms with Gasteiger partial charge in [-0.15, -0.1) is 0 Å². The number of hydrogen-bond acceptors (Lipinski definition) is 6. The fraction of sp³-hybridized carbons (Fsp3) is 0.455. The molecule has 0 saturated carbocycles. The fourth-order valence-electron chi connectivity index (χ4n) is 4.47. The van der Waals surface area contributed by atoms with Gasteiger partial charge in [-0.1, -0.05) is 12.2 Å². The van der Waals surface area contributed by atoms with E-state index in [1.807, 2.05) is 12.2 Å². The molecule has 2 unspecified atom stereocenters. The molecule has 1 aliphatic carbocycles. The van der Waals surface area contributed by atoms with Crippen molar-refractivity contribution in [3.63, 3.8) is 0 Å². The summed E-state index contributed by atoms with van der Waals surface area (Å²) in [6.45, 7) is 1.40. The summed E-state index contributed by atoms with van der Waals surface area (Å²) >= 11 is 0. The van der Waals surface area contributed by atoms with Gasteiger partial charge in [-0.05, 0) is 43.9 Å². The van der Waals surface area contributed by atoms with E-state index in [4.69, 9.17) is 4.74 Å². The summed E-state index contributed by atoms with van der Waals surface area (Å²) < 4.78 is 4.78. The minimum absolute atomic E-state index is 0.285. The maximum Gasteiger partial charge on any atom is 0.337 e. The van der Waals surface area contributed by atoms with Gasteiger partial charge in [-0.2, -0.15) is 0 Å². The molecule has 30 heavy (non-hydrogen) atoms. The second-order valence-corrected chi connectivity index (χ2v) is 7.88. The predicted molar refractivity (Wildman–Crippen MR) is 110 cm³/mol. The number of allylic oxidation sites excluding steroid dienone is 2. The van der Waals surface area contributed by atoms with E-state index in [-0.39, 0.29) is 30.2 Å². The van der Waals surface area contributed by atoms with Crippen molar-refractivity contribution in [1.82, 2.24) is 4.90 Å². The van der Waals surface area contributed by atoms with Gasteiger partial charge in [0, 0.05) is 13.1 Å². The molecular weight excluding hydrogens is 386 g/mol. The van der Waals surface area contributed by atoms with Crippen LogP contribution in [0.1, 0.15) is 36.0 Å². The fourth-order valence-corrected chi connectivity index (χ4v) is 4.47. The first-order valence-electron chi connectivity index (χ1n) is 10.3. The molecule has 0 bridgehead atoms. The summed E-state index contributed by atoms with van der Waals surface area (Å²) in [7, 11) is 1.30. The van der Waals surface area contributed by atoms with E-state index in [0.29, 0.717) is 24.1 Å². The molecule has 2 heterocycles. The van der Waals surface area contributed by atoms with Gasteiger partial charge in [-0.25, -0.2) is 4.79 Å². The number of hydrogen-bond donors (Lipinski definition) is 1. The number of nitrogens with zero attached hydrogens (tertiary/aromatic N) is 2. The molecule has 2 saturated heterocycles. The lowest BCUT2D eigenvalue weighted by Crippen LogP contribution is -2.38. The van der Waals surface area contributed by atoms with Crippen LogP contribution in [-0.2, 0) is 19.1 Å². The number of carbonyl (C=O) groups excluding carboxylic acids is 4. The number of imide groups is 1. The van der Waals surface area contributed by atoms with Crippen LogP contribution in [0.3, 0.4) is 0 Å². The number of rotatable bonds is 5. The van der Waals surface area contributed by atoms with Crippen molar-refractivity contribution in [2.75, 3.05) is 37.0 Å². The first kappa shape index (κ1) is 20.1. The Hall–Kier alpha value is -3.16. The lowest BCUT2D eigenvalue weighted by molar-refractivity contribution is -0.142. The van der Waals surface area contributed by atoms with Crippen molar-refractivity contribution >= 4 is 35.1 Å². The minimum Gasteiger partial charge on any atom is -0.465 e. The third-order valence-corrected chi connectivity index (χ3v) is 6.04. The highest BCUT2D eigenvalue weighted by Gasteiger charge is 2.47. The van der Waals surface area contributed by atoms with E-state index >= 15 is 0 Å². The molecule has 3 aliphatic rings. The highest BCUT2D eigenvalue weighted by molar-refractivity contribution is 6.09. The first-order valence-corrected chi connectivity index (χ1v) is 10.3. The smallest absolute Gasteiger partial charge is 0.337 e. The number of fused-ring (bicyclic) bond motifs is 1. The van der Waals surface area contributed by atoms with E-state index in [9.17, 15) is 19.2 Å². The van der Waals surface area contributed by atoms with Crippen molar-refractivity contribution in [3.8, 4) is 0 Å². The highest BCUT2D eigenvalue weighted by atomic mass is 16.5.